The Labute approximate surface area is 496 Å². The molecule has 0 saturated carbocycles. The molecule has 6 N–H and O–H groups in total. The molecule has 0 aromatic heterocycles. The van der Waals surface area contributed by atoms with Gasteiger partial charge in [0.05, 0.1) is 25.4 Å². The Kier molecular flexibility index (Phi) is 54.1. The van der Waals surface area contributed by atoms with Crippen LogP contribution in [0.25, 0.3) is 0 Å². The van der Waals surface area contributed by atoms with Crippen LogP contribution in [0, 0.1) is 0 Å². The van der Waals surface area contributed by atoms with Gasteiger partial charge in [-0.05, 0) is 96.3 Å². The molecule has 1 heterocycles. The summed E-state index contributed by atoms with van der Waals surface area (Å²) in [5.74, 6) is -1.20. The number of hydrogen-bond acceptors (Lipinski definition) is 10. The first-order chi connectivity index (χ1) is 39.7. The third kappa shape index (κ3) is 45.2. The van der Waals surface area contributed by atoms with Crippen LogP contribution in [0.15, 0.2) is 72.9 Å². The number of ether oxygens (including phenoxy) is 3. The van der Waals surface area contributed by atoms with E-state index in [2.05, 4.69) is 86.8 Å². The number of rotatable bonds is 57. The van der Waals surface area contributed by atoms with Crippen molar-refractivity contribution < 1.29 is 49.3 Å². The first-order valence-electron chi connectivity index (χ1n) is 33.7. The van der Waals surface area contributed by atoms with Crippen molar-refractivity contribution >= 4 is 11.9 Å². The van der Waals surface area contributed by atoms with E-state index in [0.717, 1.165) is 103 Å². The van der Waals surface area contributed by atoms with Crippen LogP contribution in [-0.2, 0) is 23.8 Å². The fraction of sp³-hybridized carbons (Fsp3) is 0.800. The Bertz CT molecular complexity index is 1590. The van der Waals surface area contributed by atoms with Crippen LogP contribution in [0.4, 0.5) is 0 Å². The van der Waals surface area contributed by atoms with Gasteiger partial charge in [0.15, 0.2) is 12.4 Å². The molecule has 1 fully saturated rings. The van der Waals surface area contributed by atoms with Gasteiger partial charge < -0.3 is 45.1 Å². The molecule has 0 spiro atoms. The second-order valence-corrected chi connectivity index (χ2v) is 23.2. The summed E-state index contributed by atoms with van der Waals surface area (Å²) >= 11 is 0. The summed E-state index contributed by atoms with van der Waals surface area (Å²) in [5, 5.41) is 57.2. The molecule has 0 aromatic rings. The largest absolute Gasteiger partial charge is 0.454 e. The number of nitrogens with one attached hydrogen (secondary N) is 1. The van der Waals surface area contributed by atoms with E-state index in [1.807, 2.05) is 6.08 Å². The molecule has 1 aliphatic heterocycles. The second-order valence-electron chi connectivity index (χ2n) is 23.2. The SMILES string of the molecule is CCCCC/C=C\C/C=C\C/C=C\CCCCCCCCCC(O)C(=O)NC(COC1OC(CO)C(O)C(O)C1OC(=O)CCCCCCCCCCC/C=C\C/C=C\CCCCC)C(O)/C=C/CCCCCCCCCCCCC. The molecule has 11 nitrogen and oxygen atoms in total. The maximum Gasteiger partial charge on any atom is 0.306 e. The number of hydrogen-bond donors (Lipinski definition) is 6. The fourth-order valence-corrected chi connectivity index (χ4v) is 10.2. The molecule has 470 valence electrons. The molecule has 81 heavy (non-hydrogen) atoms. The van der Waals surface area contributed by atoms with Crippen LogP contribution >= 0.6 is 0 Å². The van der Waals surface area contributed by atoms with Gasteiger partial charge in [0, 0.05) is 6.42 Å². The van der Waals surface area contributed by atoms with Gasteiger partial charge in [-0.2, -0.15) is 0 Å². The minimum absolute atomic E-state index is 0.116. The molecular formula is C70H125NO10. The van der Waals surface area contributed by atoms with Crippen molar-refractivity contribution in [3.8, 4) is 0 Å². The van der Waals surface area contributed by atoms with E-state index in [9.17, 15) is 35.1 Å². The van der Waals surface area contributed by atoms with Gasteiger partial charge in [-0.3, -0.25) is 9.59 Å². The molecule has 0 bridgehead atoms. The van der Waals surface area contributed by atoms with Crippen molar-refractivity contribution in [2.75, 3.05) is 13.2 Å². The normalized spacial score (nSPS) is 19.1. The molecule has 1 rings (SSSR count). The quantitative estimate of drug-likeness (QED) is 0.0195. The fourth-order valence-electron chi connectivity index (χ4n) is 10.2. The first-order valence-corrected chi connectivity index (χ1v) is 33.7. The lowest BCUT2D eigenvalue weighted by molar-refractivity contribution is -0.305. The summed E-state index contributed by atoms with van der Waals surface area (Å²) < 4.78 is 17.7. The summed E-state index contributed by atoms with van der Waals surface area (Å²) in [7, 11) is 0. The zero-order valence-corrected chi connectivity index (χ0v) is 52.1. The highest BCUT2D eigenvalue weighted by molar-refractivity contribution is 5.80. The molecule has 0 aliphatic carbocycles. The summed E-state index contributed by atoms with van der Waals surface area (Å²) in [5.41, 5.74) is 0. The van der Waals surface area contributed by atoms with Crippen LogP contribution in [0.1, 0.15) is 297 Å². The Hall–Kier alpha value is -2.90. The van der Waals surface area contributed by atoms with Gasteiger partial charge in [-0.15, -0.1) is 0 Å². The van der Waals surface area contributed by atoms with Crippen molar-refractivity contribution in [3.05, 3.63) is 72.9 Å². The minimum Gasteiger partial charge on any atom is -0.454 e. The summed E-state index contributed by atoms with van der Waals surface area (Å²) in [4.78, 5) is 26.6. The highest BCUT2D eigenvalue weighted by atomic mass is 16.7. The van der Waals surface area contributed by atoms with Gasteiger partial charge in [-0.25, -0.2) is 0 Å². The van der Waals surface area contributed by atoms with Crippen LogP contribution < -0.4 is 5.32 Å². The number of carbonyl (C=O) groups excluding carboxylic acids is 2. The molecule has 1 aliphatic rings. The Balaban J connectivity index is 2.65. The minimum atomic E-state index is -1.62. The lowest BCUT2D eigenvalue weighted by Crippen LogP contribution is -2.61. The van der Waals surface area contributed by atoms with Crippen molar-refractivity contribution in [1.82, 2.24) is 5.32 Å². The monoisotopic (exact) mass is 1140 g/mol. The third-order valence-electron chi connectivity index (χ3n) is 15.6. The Morgan fingerprint density at radius 1 is 0.481 bits per heavy atom. The number of aliphatic hydroxyl groups excluding tert-OH is 5. The average molecular weight is 1140 g/mol. The molecule has 8 unspecified atom stereocenters. The lowest BCUT2D eigenvalue weighted by atomic mass is 9.99. The predicted octanol–water partition coefficient (Wildman–Crippen LogP) is 16.7. The van der Waals surface area contributed by atoms with E-state index < -0.39 is 67.4 Å². The van der Waals surface area contributed by atoms with E-state index in [1.165, 1.54) is 148 Å². The summed E-state index contributed by atoms with van der Waals surface area (Å²) in [6.07, 6.45) is 63.5. The maximum absolute atomic E-state index is 13.5. The summed E-state index contributed by atoms with van der Waals surface area (Å²) in [6, 6.07) is -1.03. The lowest BCUT2D eigenvalue weighted by Gasteiger charge is -2.41. The van der Waals surface area contributed by atoms with E-state index in [-0.39, 0.29) is 19.4 Å². The zero-order chi connectivity index (χ0) is 58.9. The van der Waals surface area contributed by atoms with Crippen LogP contribution in [0.3, 0.4) is 0 Å². The molecular weight excluding hydrogens is 1010 g/mol. The van der Waals surface area contributed by atoms with Crippen LogP contribution in [-0.4, -0.2) is 99.6 Å². The average Bonchev–Trinajstić information content (AvgIpc) is 3.46. The number of esters is 1. The topological polar surface area (TPSA) is 175 Å². The number of carbonyl (C=O) groups is 2. The van der Waals surface area contributed by atoms with Crippen molar-refractivity contribution in [3.63, 3.8) is 0 Å². The smallest absolute Gasteiger partial charge is 0.306 e. The molecule has 1 saturated heterocycles. The van der Waals surface area contributed by atoms with Gasteiger partial charge in [0.1, 0.15) is 24.4 Å². The summed E-state index contributed by atoms with van der Waals surface area (Å²) in [6.45, 7) is 5.75. The van der Waals surface area contributed by atoms with E-state index in [1.54, 1.807) is 6.08 Å². The predicted molar refractivity (Wildman–Crippen MR) is 338 cm³/mol. The van der Waals surface area contributed by atoms with E-state index in [0.29, 0.717) is 12.8 Å². The van der Waals surface area contributed by atoms with Gasteiger partial charge in [-0.1, -0.05) is 267 Å². The highest BCUT2D eigenvalue weighted by Gasteiger charge is 2.47. The van der Waals surface area contributed by atoms with Crippen LogP contribution in [0.2, 0.25) is 0 Å². The Morgan fingerprint density at radius 2 is 0.852 bits per heavy atom. The van der Waals surface area contributed by atoms with Gasteiger partial charge >= 0.3 is 5.97 Å². The standard InChI is InChI=1S/C70H125NO10/c1-4-7-10-13-16-19-22-25-27-29-31-33-34-36-39-42-45-48-51-54-57-63(74)69(78)71-61(62(73)56-53-50-47-44-41-38-24-21-18-15-12-9-6-3)60-79-70-68(67(77)66(76)64(59-72)80-70)81-65(75)58-55-52-49-46-43-40-37-35-32-30-28-26-23-20-17-14-11-8-5-2/h16-17,19-20,25-28,31,33,53,56,61-64,66-68,70,72-74,76-77H,4-15,18,21-24,29-30,32,34-52,54-55,57-60H2,1-3H3,(H,71,78)/b19-16-,20-17-,27-25-,28-26-,33-31-,56-53+. The number of aliphatic hydroxyl groups is 5. The third-order valence-corrected chi connectivity index (χ3v) is 15.6. The number of unbranched alkanes of at least 4 members (excludes halogenated alkanes) is 33. The highest BCUT2D eigenvalue weighted by Crippen LogP contribution is 2.26. The number of allylic oxidation sites excluding steroid dienone is 11. The van der Waals surface area contributed by atoms with E-state index in [4.69, 9.17) is 14.2 Å². The second kappa shape index (κ2) is 57.5. The molecule has 11 heteroatoms. The molecule has 0 radical (unpaired) electrons. The molecule has 0 aromatic carbocycles. The maximum atomic E-state index is 13.5. The van der Waals surface area contributed by atoms with Gasteiger partial charge in [0.2, 0.25) is 5.91 Å². The number of amides is 1. The van der Waals surface area contributed by atoms with Gasteiger partial charge in [0.25, 0.3) is 0 Å². The van der Waals surface area contributed by atoms with Crippen molar-refractivity contribution in [2.45, 2.75) is 346 Å². The van der Waals surface area contributed by atoms with E-state index >= 15 is 0 Å². The van der Waals surface area contributed by atoms with Crippen LogP contribution in [0.5, 0.6) is 0 Å². The molecule has 1 amide bonds. The molecule has 8 atom stereocenters. The zero-order valence-electron chi connectivity index (χ0n) is 52.1. The first kappa shape index (κ1) is 76.1. The van der Waals surface area contributed by atoms with Crippen molar-refractivity contribution in [1.29, 1.82) is 0 Å². The van der Waals surface area contributed by atoms with Crippen molar-refractivity contribution in [2.24, 2.45) is 0 Å². The Morgan fingerprint density at radius 3 is 1.30 bits per heavy atom.